The minimum atomic E-state index is 0.256. The molecule has 0 spiro atoms. The molecule has 1 aromatic rings. The Hall–Kier alpha value is -1.55. The molecule has 1 aliphatic heterocycles. The summed E-state index contributed by atoms with van der Waals surface area (Å²) in [5.41, 5.74) is 7.97. The van der Waals surface area contributed by atoms with E-state index in [4.69, 9.17) is 5.73 Å². The molecule has 0 saturated carbocycles. The van der Waals surface area contributed by atoms with Crippen LogP contribution in [-0.4, -0.2) is 38.0 Å². The molecule has 1 aromatic carbocycles. The Morgan fingerprint density at radius 3 is 2.78 bits per heavy atom. The molecular weight excluding hydrogens is 286 g/mol. The Labute approximate surface area is 140 Å². The van der Waals surface area contributed by atoms with Gasteiger partial charge in [0.1, 0.15) is 0 Å². The van der Waals surface area contributed by atoms with Crippen molar-refractivity contribution in [3.8, 4) is 0 Å². The number of amides is 1. The normalized spacial score (nSPS) is 17.5. The molecule has 1 aliphatic rings. The van der Waals surface area contributed by atoms with Crippen LogP contribution >= 0.6 is 0 Å². The maximum Gasteiger partial charge on any atom is 0.223 e. The van der Waals surface area contributed by atoms with Gasteiger partial charge in [0.05, 0.1) is 6.04 Å². The lowest BCUT2D eigenvalue weighted by molar-refractivity contribution is -0.132. The van der Waals surface area contributed by atoms with Crippen LogP contribution in [0.4, 0.5) is 5.69 Å². The second-order valence-electron chi connectivity index (χ2n) is 6.69. The van der Waals surface area contributed by atoms with Crippen LogP contribution in [0.5, 0.6) is 0 Å². The fourth-order valence-electron chi connectivity index (χ4n) is 3.34. The lowest BCUT2D eigenvalue weighted by atomic mass is 10.0. The number of rotatable bonds is 8. The Morgan fingerprint density at radius 1 is 1.26 bits per heavy atom. The SMILES string of the molecule is CN(C)c1cccc(C2CCCN2C(=O)CCCCCCN)c1. The van der Waals surface area contributed by atoms with Crippen molar-refractivity contribution in [1.82, 2.24) is 4.90 Å². The first-order chi connectivity index (χ1) is 11.1. The van der Waals surface area contributed by atoms with Crippen LogP contribution in [0.25, 0.3) is 0 Å². The third kappa shape index (κ3) is 4.96. The van der Waals surface area contributed by atoms with Crippen LogP contribution in [0, 0.1) is 0 Å². The first-order valence-corrected chi connectivity index (χ1v) is 8.90. The highest BCUT2D eigenvalue weighted by Crippen LogP contribution is 2.34. The third-order valence-electron chi connectivity index (χ3n) is 4.69. The molecule has 0 aromatic heterocycles. The van der Waals surface area contributed by atoms with Crippen LogP contribution in [0.3, 0.4) is 0 Å². The molecule has 1 heterocycles. The van der Waals surface area contributed by atoms with Gasteiger partial charge in [-0.15, -0.1) is 0 Å². The lowest BCUT2D eigenvalue weighted by Gasteiger charge is -2.26. The van der Waals surface area contributed by atoms with Crippen molar-refractivity contribution in [3.05, 3.63) is 29.8 Å². The molecule has 2 rings (SSSR count). The standard InChI is InChI=1S/C19H31N3O/c1-21(2)17-10-7-9-16(15-17)18-11-8-14-22(18)19(23)12-5-3-4-6-13-20/h7,9-10,15,18H,3-6,8,11-14,20H2,1-2H3. The summed E-state index contributed by atoms with van der Waals surface area (Å²) in [6, 6.07) is 8.84. The highest BCUT2D eigenvalue weighted by molar-refractivity contribution is 5.77. The fourth-order valence-corrected chi connectivity index (χ4v) is 3.34. The van der Waals surface area contributed by atoms with Gasteiger partial charge in [-0.1, -0.05) is 25.0 Å². The quantitative estimate of drug-likeness (QED) is 0.748. The van der Waals surface area contributed by atoms with Gasteiger partial charge in [0.2, 0.25) is 5.91 Å². The van der Waals surface area contributed by atoms with E-state index in [1.54, 1.807) is 0 Å². The van der Waals surface area contributed by atoms with Crippen molar-refractivity contribution in [2.45, 2.75) is 51.0 Å². The van der Waals surface area contributed by atoms with Crippen molar-refractivity contribution in [1.29, 1.82) is 0 Å². The minimum absolute atomic E-state index is 0.256. The molecule has 1 unspecified atom stereocenters. The topological polar surface area (TPSA) is 49.6 Å². The lowest BCUT2D eigenvalue weighted by Crippen LogP contribution is -2.30. The summed E-state index contributed by atoms with van der Waals surface area (Å²) in [6.45, 7) is 1.66. The highest BCUT2D eigenvalue weighted by Gasteiger charge is 2.29. The predicted molar refractivity (Wildman–Crippen MR) is 96.6 cm³/mol. The Bertz CT molecular complexity index is 501. The highest BCUT2D eigenvalue weighted by atomic mass is 16.2. The number of hydrogen-bond donors (Lipinski definition) is 1. The van der Waals surface area contributed by atoms with E-state index in [0.29, 0.717) is 12.3 Å². The van der Waals surface area contributed by atoms with Gasteiger partial charge in [-0.05, 0) is 49.9 Å². The molecule has 128 valence electrons. The zero-order valence-corrected chi connectivity index (χ0v) is 14.6. The van der Waals surface area contributed by atoms with Crippen LogP contribution < -0.4 is 10.6 Å². The minimum Gasteiger partial charge on any atom is -0.378 e. The van der Waals surface area contributed by atoms with Gasteiger partial charge < -0.3 is 15.5 Å². The summed E-state index contributed by atoms with van der Waals surface area (Å²) < 4.78 is 0. The van der Waals surface area contributed by atoms with Crippen molar-refractivity contribution < 1.29 is 4.79 Å². The number of benzene rings is 1. The summed E-state index contributed by atoms with van der Waals surface area (Å²) >= 11 is 0. The summed E-state index contributed by atoms with van der Waals surface area (Å²) in [4.78, 5) is 16.8. The molecule has 1 saturated heterocycles. The maximum absolute atomic E-state index is 12.6. The zero-order chi connectivity index (χ0) is 16.7. The van der Waals surface area contributed by atoms with Gasteiger partial charge in [-0.3, -0.25) is 4.79 Å². The molecule has 4 heteroatoms. The number of nitrogens with zero attached hydrogens (tertiary/aromatic N) is 2. The van der Waals surface area contributed by atoms with Crippen molar-refractivity contribution >= 4 is 11.6 Å². The molecule has 1 amide bonds. The van der Waals surface area contributed by atoms with Gasteiger partial charge >= 0.3 is 0 Å². The Balaban J connectivity index is 1.94. The second kappa shape index (κ2) is 8.92. The van der Waals surface area contributed by atoms with Gasteiger partial charge in [-0.2, -0.15) is 0 Å². The monoisotopic (exact) mass is 317 g/mol. The molecule has 0 bridgehead atoms. The molecule has 1 fully saturated rings. The summed E-state index contributed by atoms with van der Waals surface area (Å²) in [7, 11) is 4.11. The van der Waals surface area contributed by atoms with E-state index in [2.05, 4.69) is 48.2 Å². The van der Waals surface area contributed by atoms with E-state index >= 15 is 0 Å². The second-order valence-corrected chi connectivity index (χ2v) is 6.69. The molecule has 1 atom stereocenters. The van der Waals surface area contributed by atoms with E-state index in [1.807, 2.05) is 0 Å². The van der Waals surface area contributed by atoms with Gasteiger partial charge in [0, 0.05) is 32.7 Å². The first kappa shape index (κ1) is 17.8. The number of carbonyl (C=O) groups excluding carboxylic acids is 1. The fraction of sp³-hybridized carbons (Fsp3) is 0.632. The Morgan fingerprint density at radius 2 is 2.04 bits per heavy atom. The smallest absolute Gasteiger partial charge is 0.223 e. The van der Waals surface area contributed by atoms with Crippen LogP contribution in [0.15, 0.2) is 24.3 Å². The number of nitrogens with two attached hydrogens (primary N) is 1. The molecule has 0 aliphatic carbocycles. The molecule has 0 radical (unpaired) electrons. The van der Waals surface area contributed by atoms with Crippen molar-refractivity contribution in [2.24, 2.45) is 5.73 Å². The zero-order valence-electron chi connectivity index (χ0n) is 14.6. The predicted octanol–water partition coefficient (Wildman–Crippen LogP) is 3.33. The Kier molecular flexibility index (Phi) is 6.90. The maximum atomic E-state index is 12.6. The number of hydrogen-bond acceptors (Lipinski definition) is 3. The van der Waals surface area contributed by atoms with E-state index in [9.17, 15) is 4.79 Å². The summed E-state index contributed by atoms with van der Waals surface area (Å²) in [5, 5.41) is 0. The number of unbranched alkanes of at least 4 members (excludes halogenated alkanes) is 3. The van der Waals surface area contributed by atoms with Crippen LogP contribution in [0.1, 0.15) is 56.6 Å². The van der Waals surface area contributed by atoms with Gasteiger partial charge in [0.15, 0.2) is 0 Å². The van der Waals surface area contributed by atoms with Crippen molar-refractivity contribution in [3.63, 3.8) is 0 Å². The third-order valence-corrected chi connectivity index (χ3v) is 4.69. The number of likely N-dealkylation sites (tertiary alicyclic amines) is 1. The van der Waals surface area contributed by atoms with Crippen LogP contribution in [-0.2, 0) is 4.79 Å². The molecule has 2 N–H and O–H groups in total. The average molecular weight is 317 g/mol. The largest absolute Gasteiger partial charge is 0.378 e. The van der Waals surface area contributed by atoms with E-state index in [-0.39, 0.29) is 6.04 Å². The van der Waals surface area contributed by atoms with Crippen LogP contribution in [0.2, 0.25) is 0 Å². The number of anilines is 1. The number of carbonyl (C=O) groups is 1. The summed E-state index contributed by atoms with van der Waals surface area (Å²) in [6.07, 6.45) is 7.16. The average Bonchev–Trinajstić information content (AvgIpc) is 3.04. The van der Waals surface area contributed by atoms with Crippen molar-refractivity contribution in [2.75, 3.05) is 32.1 Å². The summed E-state index contributed by atoms with van der Waals surface area (Å²) in [5.74, 6) is 0.315. The molecular formula is C19H31N3O. The van der Waals surface area contributed by atoms with Gasteiger partial charge in [-0.25, -0.2) is 0 Å². The van der Waals surface area contributed by atoms with E-state index in [0.717, 1.165) is 51.6 Å². The first-order valence-electron chi connectivity index (χ1n) is 8.90. The van der Waals surface area contributed by atoms with Gasteiger partial charge in [0.25, 0.3) is 0 Å². The van der Waals surface area contributed by atoms with E-state index < -0.39 is 0 Å². The molecule has 4 nitrogen and oxygen atoms in total. The van der Waals surface area contributed by atoms with E-state index in [1.165, 1.54) is 11.3 Å². The molecule has 23 heavy (non-hydrogen) atoms.